The first-order valence-electron chi connectivity index (χ1n) is 26.7. The number of pyridine rings is 1. The molecule has 72 heavy (non-hydrogen) atoms. The molecule has 0 N–H and O–H groups in total. The third-order valence-electron chi connectivity index (χ3n) is 17.3. The maximum absolute atomic E-state index is 5.44. The summed E-state index contributed by atoms with van der Waals surface area (Å²) >= 11 is 0. The largest absolute Gasteiger partial charge is 0.310 e. The molecule has 4 heteroatoms. The Bertz CT molecular complexity index is 3720. The monoisotopic (exact) mass is 937 g/mol. The van der Waals surface area contributed by atoms with Gasteiger partial charge in [-0.25, -0.2) is 4.98 Å². The van der Waals surface area contributed by atoms with Gasteiger partial charge < -0.3 is 9.47 Å². The highest BCUT2D eigenvalue weighted by molar-refractivity contribution is 6.26. The van der Waals surface area contributed by atoms with E-state index in [0.29, 0.717) is 11.8 Å². The van der Waals surface area contributed by atoms with Gasteiger partial charge in [0.1, 0.15) is 5.82 Å². The molecule has 0 unspecified atom stereocenters. The van der Waals surface area contributed by atoms with Gasteiger partial charge in [0.2, 0.25) is 0 Å². The van der Waals surface area contributed by atoms with Crippen LogP contribution in [0.3, 0.4) is 0 Å². The summed E-state index contributed by atoms with van der Waals surface area (Å²) in [4.78, 5) is 10.4. The lowest BCUT2D eigenvalue weighted by Gasteiger charge is -2.30. The standard InChI is InChI=1S/C68H64N4/c1-43-24-30-54(38-45(43)3)70(53-32-26-49(27-33-53)47-16-10-11-17-47)56-34-36-58-60(40-56)68(5,6)61-41-62(71(55-31-25-44(2)46(4)39-55)63-37-29-51(42-69-63)48-18-12-13-19-48)65-59-35-28-50-20-14-15-23-57(50)66(59)72(67(65)64(58)61)52-21-8-7-9-22-52/h7-9,14-15,20-42,47-48H,10-13,16-19H2,1-6H3. The molecule has 2 heterocycles. The smallest absolute Gasteiger partial charge is 0.137 e. The molecule has 3 aliphatic rings. The normalized spacial score (nSPS) is 15.5. The molecular weight excluding hydrogens is 873 g/mol. The van der Waals surface area contributed by atoms with E-state index >= 15 is 0 Å². The average molecular weight is 937 g/mol. The quantitative estimate of drug-likeness (QED) is 0.144. The first-order chi connectivity index (χ1) is 35.1. The van der Waals surface area contributed by atoms with E-state index in [1.165, 1.54) is 157 Å². The summed E-state index contributed by atoms with van der Waals surface area (Å²) in [6.45, 7) is 13.8. The van der Waals surface area contributed by atoms with Gasteiger partial charge in [-0.3, -0.25) is 4.90 Å². The Kier molecular flexibility index (Phi) is 10.8. The minimum absolute atomic E-state index is 0.376. The minimum Gasteiger partial charge on any atom is -0.310 e. The SMILES string of the molecule is Cc1ccc(N(c2ccc(C3CCCC3)cc2)c2ccc3c(c2)C(C)(C)c2cc(N(c4ccc(C)c(C)c4)c4ccc(C5CCCC5)cn4)c4c5ccc6ccccc6c5n(-c5ccccc5)c4c2-3)cc1C. The molecule has 0 saturated heterocycles. The van der Waals surface area contributed by atoms with Gasteiger partial charge in [0.25, 0.3) is 0 Å². The van der Waals surface area contributed by atoms with Crippen molar-refractivity contribution in [2.24, 2.45) is 0 Å². The predicted octanol–water partition coefficient (Wildman–Crippen LogP) is 19.1. The molecule has 0 amide bonds. The number of nitrogens with zero attached hydrogens (tertiary/aromatic N) is 4. The number of aromatic nitrogens is 2. The Morgan fingerprint density at radius 2 is 1.08 bits per heavy atom. The highest BCUT2D eigenvalue weighted by atomic mass is 15.2. The Balaban J connectivity index is 1.10. The molecule has 0 spiro atoms. The first kappa shape index (κ1) is 44.5. The molecule has 0 atom stereocenters. The van der Waals surface area contributed by atoms with Crippen molar-refractivity contribution >= 4 is 66.8 Å². The highest BCUT2D eigenvalue weighted by Gasteiger charge is 2.41. The lowest BCUT2D eigenvalue weighted by atomic mass is 9.81. The van der Waals surface area contributed by atoms with E-state index < -0.39 is 0 Å². The van der Waals surface area contributed by atoms with Crippen LogP contribution >= 0.6 is 0 Å². The molecule has 0 bridgehead atoms. The Hall–Kier alpha value is -7.43. The van der Waals surface area contributed by atoms with Gasteiger partial charge in [0, 0.05) is 61.8 Å². The van der Waals surface area contributed by atoms with Crippen molar-refractivity contribution in [3.63, 3.8) is 0 Å². The second kappa shape index (κ2) is 17.4. The van der Waals surface area contributed by atoms with Gasteiger partial charge >= 0.3 is 0 Å². The summed E-state index contributed by atoms with van der Waals surface area (Å²) in [7, 11) is 0. The van der Waals surface area contributed by atoms with E-state index in [0.717, 1.165) is 22.9 Å². The third kappa shape index (κ3) is 7.19. The van der Waals surface area contributed by atoms with E-state index in [1.54, 1.807) is 0 Å². The van der Waals surface area contributed by atoms with Crippen molar-refractivity contribution in [1.82, 2.24) is 9.55 Å². The van der Waals surface area contributed by atoms with Gasteiger partial charge in [-0.2, -0.15) is 0 Å². The van der Waals surface area contributed by atoms with Crippen LogP contribution in [0, 0.1) is 27.7 Å². The van der Waals surface area contributed by atoms with Crippen molar-refractivity contribution in [1.29, 1.82) is 0 Å². The lowest BCUT2D eigenvalue weighted by Crippen LogP contribution is -2.18. The van der Waals surface area contributed by atoms with Gasteiger partial charge in [-0.1, -0.05) is 131 Å². The summed E-state index contributed by atoms with van der Waals surface area (Å²) in [6, 6.07) is 62.7. The van der Waals surface area contributed by atoms with E-state index in [4.69, 9.17) is 4.98 Å². The number of aryl methyl sites for hydroxylation is 4. The van der Waals surface area contributed by atoms with Crippen LogP contribution < -0.4 is 9.80 Å². The van der Waals surface area contributed by atoms with Crippen molar-refractivity contribution in [3.8, 4) is 16.8 Å². The molecule has 3 aliphatic carbocycles. The van der Waals surface area contributed by atoms with Crippen LogP contribution in [0.4, 0.5) is 34.3 Å². The summed E-state index contributed by atoms with van der Waals surface area (Å²) in [5, 5.41) is 4.92. The molecule has 0 radical (unpaired) electrons. The zero-order chi connectivity index (χ0) is 48.8. The van der Waals surface area contributed by atoms with Gasteiger partial charge in [0.05, 0.1) is 16.7 Å². The summed E-state index contributed by atoms with van der Waals surface area (Å²) in [5.41, 5.74) is 22.2. The Morgan fingerprint density at radius 3 is 1.75 bits per heavy atom. The number of rotatable bonds is 9. The van der Waals surface area contributed by atoms with Crippen LogP contribution in [0.1, 0.15) is 122 Å². The van der Waals surface area contributed by atoms with E-state index in [1.807, 2.05) is 0 Å². The Labute approximate surface area is 425 Å². The zero-order valence-corrected chi connectivity index (χ0v) is 42.8. The number of para-hydroxylation sites is 1. The van der Waals surface area contributed by atoms with E-state index in [2.05, 4.69) is 226 Å². The maximum Gasteiger partial charge on any atom is 0.137 e. The Morgan fingerprint density at radius 1 is 0.486 bits per heavy atom. The molecule has 13 rings (SSSR count). The zero-order valence-electron chi connectivity index (χ0n) is 42.8. The van der Waals surface area contributed by atoms with Crippen LogP contribution in [0.25, 0.3) is 49.4 Å². The molecule has 10 aromatic rings. The van der Waals surface area contributed by atoms with E-state index in [-0.39, 0.29) is 5.41 Å². The fraction of sp³-hybridized carbons (Fsp3) is 0.250. The third-order valence-corrected chi connectivity index (χ3v) is 17.3. The number of hydrogen-bond donors (Lipinski definition) is 0. The van der Waals surface area contributed by atoms with Gasteiger partial charge in [0.15, 0.2) is 0 Å². The molecule has 2 aromatic heterocycles. The van der Waals surface area contributed by atoms with Crippen molar-refractivity contribution in [3.05, 3.63) is 214 Å². The van der Waals surface area contributed by atoms with E-state index in [9.17, 15) is 0 Å². The predicted molar refractivity (Wildman–Crippen MR) is 304 cm³/mol. The average Bonchev–Trinajstić information content (AvgIpc) is 4.24. The first-order valence-corrected chi connectivity index (χ1v) is 26.7. The number of fused-ring (bicyclic) bond motifs is 9. The molecular formula is C68H64N4. The number of benzene rings is 8. The summed E-state index contributed by atoms with van der Waals surface area (Å²) < 4.78 is 2.59. The van der Waals surface area contributed by atoms with Crippen LogP contribution in [-0.4, -0.2) is 9.55 Å². The lowest BCUT2D eigenvalue weighted by molar-refractivity contribution is 0.661. The molecule has 2 saturated carbocycles. The summed E-state index contributed by atoms with van der Waals surface area (Å²) in [5.74, 6) is 2.18. The van der Waals surface area contributed by atoms with Crippen LogP contribution in [0.2, 0.25) is 0 Å². The van der Waals surface area contributed by atoms with Gasteiger partial charge in [-0.05, 0) is 193 Å². The maximum atomic E-state index is 5.44. The number of hydrogen-bond acceptors (Lipinski definition) is 3. The van der Waals surface area contributed by atoms with Crippen LogP contribution in [0.15, 0.2) is 170 Å². The molecule has 4 nitrogen and oxygen atoms in total. The van der Waals surface area contributed by atoms with Crippen molar-refractivity contribution in [2.45, 2.75) is 110 Å². The second-order valence-corrected chi connectivity index (χ2v) is 22.0. The fourth-order valence-electron chi connectivity index (χ4n) is 13.0. The minimum atomic E-state index is -0.376. The topological polar surface area (TPSA) is 24.3 Å². The van der Waals surface area contributed by atoms with Crippen molar-refractivity contribution in [2.75, 3.05) is 9.80 Å². The second-order valence-electron chi connectivity index (χ2n) is 22.0. The van der Waals surface area contributed by atoms with Crippen molar-refractivity contribution < 1.29 is 0 Å². The van der Waals surface area contributed by atoms with Crippen LogP contribution in [-0.2, 0) is 5.41 Å². The molecule has 356 valence electrons. The highest BCUT2D eigenvalue weighted by Crippen LogP contribution is 2.58. The van der Waals surface area contributed by atoms with Crippen LogP contribution in [0.5, 0.6) is 0 Å². The summed E-state index contributed by atoms with van der Waals surface area (Å²) in [6.07, 6.45) is 12.5. The number of anilines is 6. The molecule has 8 aromatic carbocycles. The molecule has 0 aliphatic heterocycles. The van der Waals surface area contributed by atoms with Gasteiger partial charge in [-0.15, -0.1) is 0 Å². The fourth-order valence-corrected chi connectivity index (χ4v) is 13.0. The molecule has 2 fully saturated rings.